The fourth-order valence-electron chi connectivity index (χ4n) is 1.41. The number of rotatable bonds is 4. The monoisotopic (exact) mass is 337 g/mol. The van der Waals surface area contributed by atoms with E-state index in [9.17, 15) is 4.79 Å². The topological polar surface area (TPSA) is 92.3 Å². The minimum Gasteiger partial charge on any atom is -0.496 e. The van der Waals surface area contributed by atoms with Crippen LogP contribution in [0.25, 0.3) is 0 Å². The number of nitrogens with one attached hydrogen (secondary N) is 2. The van der Waals surface area contributed by atoms with Crippen LogP contribution in [0.1, 0.15) is 11.3 Å². The highest BCUT2D eigenvalue weighted by Gasteiger charge is 2.01. The van der Waals surface area contributed by atoms with E-state index >= 15 is 0 Å². The molecule has 0 amide bonds. The number of methoxy groups -OCH3 is 1. The van der Waals surface area contributed by atoms with E-state index in [0.29, 0.717) is 11.4 Å². The molecule has 20 heavy (non-hydrogen) atoms. The van der Waals surface area contributed by atoms with Crippen molar-refractivity contribution in [2.24, 2.45) is 5.10 Å². The Kier molecular flexibility index (Phi) is 4.46. The maximum atomic E-state index is 11.3. The highest BCUT2D eigenvalue weighted by molar-refractivity contribution is 9.10. The second-order valence-corrected chi connectivity index (χ2v) is 4.76. The Bertz CT molecular complexity index is 698. The van der Waals surface area contributed by atoms with Gasteiger partial charge in [-0.25, -0.2) is 5.43 Å². The van der Waals surface area contributed by atoms with Gasteiger partial charge in [-0.3, -0.25) is 9.78 Å². The van der Waals surface area contributed by atoms with Crippen LogP contribution in [-0.4, -0.2) is 28.5 Å². The van der Waals surface area contributed by atoms with Gasteiger partial charge in [-0.1, -0.05) is 15.9 Å². The van der Waals surface area contributed by atoms with E-state index in [1.807, 2.05) is 18.2 Å². The molecule has 0 bridgehead atoms. The summed E-state index contributed by atoms with van der Waals surface area (Å²) in [5.74, 6) is 0.855. The van der Waals surface area contributed by atoms with Crippen molar-refractivity contribution in [1.29, 1.82) is 0 Å². The van der Waals surface area contributed by atoms with E-state index in [1.54, 1.807) is 20.2 Å². The molecule has 0 atom stereocenters. The van der Waals surface area contributed by atoms with Crippen molar-refractivity contribution in [1.82, 2.24) is 15.2 Å². The summed E-state index contributed by atoms with van der Waals surface area (Å²) < 4.78 is 6.12. The van der Waals surface area contributed by atoms with Crippen LogP contribution in [0.5, 0.6) is 5.75 Å². The lowest BCUT2D eigenvalue weighted by Crippen LogP contribution is -2.15. The number of ether oxygens (including phenoxy) is 1. The van der Waals surface area contributed by atoms with Gasteiger partial charge < -0.3 is 4.74 Å². The third kappa shape index (κ3) is 3.41. The molecular weight excluding hydrogens is 326 g/mol. The predicted octanol–water partition coefficient (Wildman–Crippen LogP) is 1.69. The number of aryl methyl sites for hydroxylation is 1. The molecule has 2 aromatic rings. The van der Waals surface area contributed by atoms with Crippen molar-refractivity contribution >= 4 is 28.1 Å². The van der Waals surface area contributed by atoms with Gasteiger partial charge in [-0.2, -0.15) is 5.10 Å². The highest BCUT2D eigenvalue weighted by Crippen LogP contribution is 2.21. The van der Waals surface area contributed by atoms with Gasteiger partial charge in [0.25, 0.3) is 5.56 Å². The standard InChI is InChI=1S/C12H12BrN5O2/c1-7-11(19)15-12(18-16-7)17-14-6-8-5-9(13)3-4-10(8)20-2/h3-6H,1-2H3,(H2,15,17,18,19)/b14-6-. The van der Waals surface area contributed by atoms with Crippen LogP contribution in [0, 0.1) is 6.92 Å². The first kappa shape index (κ1) is 14.2. The molecular formula is C12H12BrN5O2. The number of hydrogen-bond donors (Lipinski definition) is 2. The van der Waals surface area contributed by atoms with Gasteiger partial charge in [-0.05, 0) is 25.1 Å². The molecule has 0 spiro atoms. The molecule has 104 valence electrons. The van der Waals surface area contributed by atoms with Crippen molar-refractivity contribution < 1.29 is 4.74 Å². The highest BCUT2D eigenvalue weighted by atomic mass is 79.9. The molecule has 0 aliphatic heterocycles. The molecule has 0 saturated heterocycles. The van der Waals surface area contributed by atoms with Gasteiger partial charge >= 0.3 is 0 Å². The number of nitrogens with zero attached hydrogens (tertiary/aromatic N) is 3. The van der Waals surface area contributed by atoms with Crippen LogP contribution in [-0.2, 0) is 0 Å². The summed E-state index contributed by atoms with van der Waals surface area (Å²) in [6.07, 6.45) is 1.56. The molecule has 0 saturated carbocycles. The molecule has 8 heteroatoms. The second kappa shape index (κ2) is 6.29. The lowest BCUT2D eigenvalue weighted by atomic mass is 10.2. The van der Waals surface area contributed by atoms with E-state index in [-0.39, 0.29) is 11.5 Å². The maximum Gasteiger partial charge on any atom is 0.274 e. The van der Waals surface area contributed by atoms with E-state index < -0.39 is 0 Å². The van der Waals surface area contributed by atoms with Crippen molar-refractivity contribution in [3.8, 4) is 5.75 Å². The predicted molar refractivity (Wildman–Crippen MR) is 79.3 cm³/mol. The van der Waals surface area contributed by atoms with Crippen molar-refractivity contribution in [3.63, 3.8) is 0 Å². The molecule has 0 aliphatic carbocycles. The summed E-state index contributed by atoms with van der Waals surface area (Å²) in [5, 5.41) is 11.4. The molecule has 1 aromatic carbocycles. The van der Waals surface area contributed by atoms with Gasteiger partial charge in [0.1, 0.15) is 11.4 Å². The number of aromatic amines is 1. The van der Waals surface area contributed by atoms with Gasteiger partial charge in [-0.15, -0.1) is 10.2 Å². The number of halogens is 1. The number of aromatic nitrogens is 3. The van der Waals surface area contributed by atoms with Crippen LogP contribution in [0.2, 0.25) is 0 Å². The summed E-state index contributed by atoms with van der Waals surface area (Å²) in [6, 6.07) is 5.54. The van der Waals surface area contributed by atoms with Gasteiger partial charge in [0.15, 0.2) is 0 Å². The van der Waals surface area contributed by atoms with Crippen LogP contribution < -0.4 is 15.7 Å². The minimum atomic E-state index is -0.308. The number of anilines is 1. The first-order chi connectivity index (χ1) is 9.60. The summed E-state index contributed by atoms with van der Waals surface area (Å²) in [5.41, 5.74) is 3.37. The van der Waals surface area contributed by atoms with Crippen LogP contribution >= 0.6 is 15.9 Å². The molecule has 0 aliphatic rings. The zero-order valence-corrected chi connectivity index (χ0v) is 12.4. The number of H-pyrrole nitrogens is 1. The quantitative estimate of drug-likeness (QED) is 0.654. The molecule has 2 rings (SSSR count). The van der Waals surface area contributed by atoms with E-state index in [1.165, 1.54) is 0 Å². The number of hydrogen-bond acceptors (Lipinski definition) is 6. The van der Waals surface area contributed by atoms with Crippen molar-refractivity contribution in [3.05, 3.63) is 44.3 Å². The van der Waals surface area contributed by atoms with Crippen LogP contribution in [0.3, 0.4) is 0 Å². The zero-order valence-electron chi connectivity index (χ0n) is 10.8. The third-order valence-electron chi connectivity index (χ3n) is 2.43. The molecule has 7 nitrogen and oxygen atoms in total. The Labute approximate surface area is 123 Å². The number of benzene rings is 1. The Morgan fingerprint density at radius 3 is 2.95 bits per heavy atom. The molecule has 1 aromatic heterocycles. The Morgan fingerprint density at radius 1 is 1.45 bits per heavy atom. The normalized spacial score (nSPS) is 10.8. The lowest BCUT2D eigenvalue weighted by Gasteiger charge is -2.04. The van der Waals surface area contributed by atoms with E-state index in [4.69, 9.17) is 4.74 Å². The summed E-state index contributed by atoms with van der Waals surface area (Å²) >= 11 is 3.37. The summed E-state index contributed by atoms with van der Waals surface area (Å²) in [4.78, 5) is 13.8. The molecule has 0 radical (unpaired) electrons. The number of hydrazone groups is 1. The molecule has 0 unspecified atom stereocenters. The molecule has 1 heterocycles. The average Bonchev–Trinajstić information content (AvgIpc) is 2.43. The summed E-state index contributed by atoms with van der Waals surface area (Å²) in [7, 11) is 1.58. The third-order valence-corrected chi connectivity index (χ3v) is 2.92. The largest absolute Gasteiger partial charge is 0.496 e. The Hall–Kier alpha value is -2.22. The zero-order chi connectivity index (χ0) is 14.5. The van der Waals surface area contributed by atoms with Crippen molar-refractivity contribution in [2.75, 3.05) is 12.5 Å². The summed E-state index contributed by atoms with van der Waals surface area (Å²) in [6.45, 7) is 1.57. The minimum absolute atomic E-state index is 0.172. The van der Waals surface area contributed by atoms with Gasteiger partial charge in [0.2, 0.25) is 5.95 Å². The van der Waals surface area contributed by atoms with Crippen LogP contribution in [0.4, 0.5) is 5.95 Å². The van der Waals surface area contributed by atoms with E-state index in [2.05, 4.69) is 41.6 Å². The van der Waals surface area contributed by atoms with Crippen molar-refractivity contribution in [2.45, 2.75) is 6.92 Å². The fourth-order valence-corrected chi connectivity index (χ4v) is 1.79. The van der Waals surface area contributed by atoms with Crippen LogP contribution in [0.15, 0.2) is 32.6 Å². The first-order valence-electron chi connectivity index (χ1n) is 5.66. The Morgan fingerprint density at radius 2 is 2.25 bits per heavy atom. The fraction of sp³-hybridized carbons (Fsp3) is 0.167. The smallest absolute Gasteiger partial charge is 0.274 e. The second-order valence-electron chi connectivity index (χ2n) is 3.84. The lowest BCUT2D eigenvalue weighted by molar-refractivity contribution is 0.414. The first-order valence-corrected chi connectivity index (χ1v) is 6.45. The van der Waals surface area contributed by atoms with Gasteiger partial charge in [0, 0.05) is 10.0 Å². The van der Waals surface area contributed by atoms with E-state index in [0.717, 1.165) is 10.0 Å². The maximum absolute atomic E-state index is 11.3. The average molecular weight is 338 g/mol. The Balaban J connectivity index is 2.15. The van der Waals surface area contributed by atoms with Gasteiger partial charge in [0.05, 0.1) is 13.3 Å². The molecule has 2 N–H and O–H groups in total. The molecule has 0 fully saturated rings. The SMILES string of the molecule is COc1ccc(Br)cc1/C=N\Nc1nnc(C)c(=O)[nH]1.